The number of hydrogen-bond acceptors (Lipinski definition) is 11. The van der Waals surface area contributed by atoms with Gasteiger partial charge in [-0.15, -0.1) is 0 Å². The largest absolute Gasteiger partial charge is 0.467 e. The molecule has 14 heteroatoms. The first-order valence-electron chi connectivity index (χ1n) is 10.8. The summed E-state index contributed by atoms with van der Waals surface area (Å²) in [5.74, 6) is -1.91. The summed E-state index contributed by atoms with van der Waals surface area (Å²) in [4.78, 5) is 44.8. The Bertz CT molecular complexity index is 1250. The molecule has 13 nitrogen and oxygen atoms in total. The Morgan fingerprint density at radius 1 is 1.08 bits per heavy atom. The van der Waals surface area contributed by atoms with E-state index in [9.17, 15) is 22.8 Å². The van der Waals surface area contributed by atoms with Crippen LogP contribution in [0.25, 0.3) is 0 Å². The molecule has 36 heavy (non-hydrogen) atoms. The Hall–Kier alpha value is -3.94. The summed E-state index contributed by atoms with van der Waals surface area (Å²) >= 11 is 0. The third kappa shape index (κ3) is 7.80. The molecule has 0 radical (unpaired) electrons. The molecule has 1 aromatic heterocycles. The summed E-state index contributed by atoms with van der Waals surface area (Å²) in [7, 11) is -2.79. The minimum Gasteiger partial charge on any atom is -0.467 e. The van der Waals surface area contributed by atoms with Crippen molar-refractivity contribution in [1.29, 1.82) is 0 Å². The molecular weight excluding hydrogens is 492 g/mol. The van der Waals surface area contributed by atoms with Crippen molar-refractivity contribution in [1.82, 2.24) is 15.3 Å². The first-order chi connectivity index (χ1) is 16.7. The van der Waals surface area contributed by atoms with Gasteiger partial charge in [-0.05, 0) is 38.0 Å². The summed E-state index contributed by atoms with van der Waals surface area (Å²) in [6.45, 7) is 7.32. The van der Waals surface area contributed by atoms with Crippen LogP contribution in [0.15, 0.2) is 24.4 Å². The maximum absolute atomic E-state index is 12.8. The predicted octanol–water partition coefficient (Wildman–Crippen LogP) is 1.41. The number of aromatic nitrogens is 2. The van der Waals surface area contributed by atoms with Crippen molar-refractivity contribution in [2.45, 2.75) is 39.8 Å². The quantitative estimate of drug-likeness (QED) is 0.246. The third-order valence-corrected chi connectivity index (χ3v) is 5.52. The minimum absolute atomic E-state index is 0.0367. The highest BCUT2D eigenvalue weighted by Crippen LogP contribution is 2.26. The van der Waals surface area contributed by atoms with Gasteiger partial charge in [0.1, 0.15) is 11.9 Å². The number of ether oxygens (including phenoxy) is 1. The number of carbonyl (C=O) groups is 3. The van der Waals surface area contributed by atoms with Gasteiger partial charge in [-0.3, -0.25) is 9.59 Å². The molecule has 0 aliphatic heterocycles. The average Bonchev–Trinajstić information content (AvgIpc) is 2.78. The van der Waals surface area contributed by atoms with Crippen LogP contribution in [0.5, 0.6) is 5.75 Å². The van der Waals surface area contributed by atoms with E-state index in [2.05, 4.69) is 30.7 Å². The van der Waals surface area contributed by atoms with Crippen molar-refractivity contribution in [3.8, 4) is 5.75 Å². The van der Waals surface area contributed by atoms with Crippen molar-refractivity contribution in [2.75, 3.05) is 24.0 Å². The van der Waals surface area contributed by atoms with Crippen molar-refractivity contribution in [2.24, 2.45) is 11.7 Å². The van der Waals surface area contributed by atoms with E-state index >= 15 is 0 Å². The number of hydrogen-bond donors (Lipinski definition) is 4. The lowest BCUT2D eigenvalue weighted by atomic mass is 10.1. The van der Waals surface area contributed by atoms with Crippen LogP contribution in [-0.2, 0) is 19.6 Å². The van der Waals surface area contributed by atoms with Gasteiger partial charge in [-0.1, -0.05) is 13.8 Å². The second-order valence-corrected chi connectivity index (χ2v) is 9.91. The maximum Gasteiger partial charge on any atom is 0.328 e. The van der Waals surface area contributed by atoms with Crippen molar-refractivity contribution >= 4 is 45.4 Å². The lowest BCUT2D eigenvalue weighted by Crippen LogP contribution is -2.39. The SMILES string of the molecule is COC(=O)C(C)NC(=O)c1cc(Nc2ncc(C(N)=O)c(N[C@H](C)C(C)C)n2)ccc1OS(C)(=O)=O. The third-order valence-electron chi connectivity index (χ3n) is 5.04. The molecule has 0 aliphatic rings. The normalized spacial score (nSPS) is 12.9. The number of rotatable bonds is 11. The van der Waals surface area contributed by atoms with Crippen molar-refractivity contribution in [3.63, 3.8) is 0 Å². The molecule has 0 spiro atoms. The Labute approximate surface area is 209 Å². The maximum atomic E-state index is 12.8. The molecule has 1 unspecified atom stereocenters. The van der Waals surface area contributed by atoms with E-state index in [-0.39, 0.29) is 40.6 Å². The topological polar surface area (TPSA) is 192 Å². The molecule has 0 saturated heterocycles. The zero-order valence-electron chi connectivity index (χ0n) is 20.8. The lowest BCUT2D eigenvalue weighted by molar-refractivity contribution is -0.142. The first-order valence-corrected chi connectivity index (χ1v) is 12.7. The molecule has 0 aliphatic carbocycles. The Morgan fingerprint density at radius 2 is 1.75 bits per heavy atom. The number of methoxy groups -OCH3 is 1. The van der Waals surface area contributed by atoms with Crippen LogP contribution in [-0.4, -0.2) is 61.6 Å². The second kappa shape index (κ2) is 11.7. The van der Waals surface area contributed by atoms with E-state index in [1.807, 2.05) is 20.8 Å². The van der Waals surface area contributed by atoms with Crippen molar-refractivity contribution < 1.29 is 31.7 Å². The van der Waals surface area contributed by atoms with Gasteiger partial charge in [-0.2, -0.15) is 13.4 Å². The second-order valence-electron chi connectivity index (χ2n) is 8.34. The van der Waals surface area contributed by atoms with E-state index in [1.54, 1.807) is 0 Å². The fraction of sp³-hybridized carbons (Fsp3) is 0.409. The Kier molecular flexibility index (Phi) is 9.17. The van der Waals surface area contributed by atoms with Crippen molar-refractivity contribution in [3.05, 3.63) is 35.5 Å². The fourth-order valence-electron chi connectivity index (χ4n) is 2.77. The number of nitrogens with one attached hydrogen (secondary N) is 3. The van der Waals surface area contributed by atoms with Crippen LogP contribution in [0.3, 0.4) is 0 Å². The summed E-state index contributed by atoms with van der Waals surface area (Å²) < 4.78 is 32.9. The molecule has 0 bridgehead atoms. The number of esters is 1. The van der Waals surface area contributed by atoms with E-state index in [0.29, 0.717) is 5.69 Å². The van der Waals surface area contributed by atoms with E-state index in [4.69, 9.17) is 9.92 Å². The lowest BCUT2D eigenvalue weighted by Gasteiger charge is -2.20. The highest BCUT2D eigenvalue weighted by Gasteiger charge is 2.22. The van der Waals surface area contributed by atoms with Gasteiger partial charge in [0.2, 0.25) is 5.95 Å². The summed E-state index contributed by atoms with van der Waals surface area (Å²) in [6.07, 6.45) is 2.10. The molecule has 2 rings (SSSR count). The molecule has 5 N–H and O–H groups in total. The molecule has 1 aromatic carbocycles. The average molecular weight is 523 g/mol. The smallest absolute Gasteiger partial charge is 0.328 e. The van der Waals surface area contributed by atoms with Crippen LogP contribution in [0.2, 0.25) is 0 Å². The highest BCUT2D eigenvalue weighted by atomic mass is 32.2. The first kappa shape index (κ1) is 28.3. The number of carbonyl (C=O) groups excluding carboxylic acids is 3. The summed E-state index contributed by atoms with van der Waals surface area (Å²) in [6, 6.07) is 2.96. The van der Waals surface area contributed by atoms with Gasteiger partial charge in [-0.25, -0.2) is 9.78 Å². The number of nitrogens with zero attached hydrogens (tertiary/aromatic N) is 2. The van der Waals surface area contributed by atoms with Crippen LogP contribution in [0.1, 0.15) is 48.4 Å². The number of anilines is 3. The molecule has 0 fully saturated rings. The van der Waals surface area contributed by atoms with Gasteiger partial charge < -0.3 is 30.6 Å². The molecule has 196 valence electrons. The zero-order valence-corrected chi connectivity index (χ0v) is 21.6. The highest BCUT2D eigenvalue weighted by molar-refractivity contribution is 7.86. The molecule has 2 aromatic rings. The number of benzene rings is 1. The number of primary amides is 1. The van der Waals surface area contributed by atoms with Crippen LogP contribution >= 0.6 is 0 Å². The van der Waals surface area contributed by atoms with Crippen LogP contribution < -0.4 is 25.9 Å². The predicted molar refractivity (Wildman–Crippen MR) is 133 cm³/mol. The van der Waals surface area contributed by atoms with Gasteiger partial charge >= 0.3 is 16.1 Å². The minimum atomic E-state index is -3.96. The molecule has 1 heterocycles. The monoisotopic (exact) mass is 522 g/mol. The van der Waals surface area contributed by atoms with Gasteiger partial charge in [0.05, 0.1) is 24.5 Å². The molecule has 0 saturated carbocycles. The number of amides is 2. The van der Waals surface area contributed by atoms with Gasteiger partial charge in [0.15, 0.2) is 5.75 Å². The molecular formula is C22H30N6O7S. The zero-order chi connectivity index (χ0) is 27.2. The Balaban J connectivity index is 2.44. The van der Waals surface area contributed by atoms with E-state index in [1.165, 1.54) is 38.4 Å². The van der Waals surface area contributed by atoms with Gasteiger partial charge in [0.25, 0.3) is 11.8 Å². The standard InChI is InChI=1S/C22H30N6O7S/c1-11(2)12(3)25-19-16(18(23)29)10-24-22(28-19)27-14-7-8-17(35-36(6,32)33)15(9-14)20(30)26-13(4)21(31)34-5/h7-13H,1-6H3,(H2,23,29)(H,26,30)(H2,24,25,27,28)/t12-,13?/m1/s1. The Morgan fingerprint density at radius 3 is 2.31 bits per heavy atom. The molecule has 2 atom stereocenters. The van der Waals surface area contributed by atoms with Crippen LogP contribution in [0, 0.1) is 5.92 Å². The number of nitrogens with two attached hydrogens (primary N) is 1. The van der Waals surface area contributed by atoms with Gasteiger partial charge in [0, 0.05) is 17.9 Å². The summed E-state index contributed by atoms with van der Waals surface area (Å²) in [5.41, 5.74) is 5.65. The summed E-state index contributed by atoms with van der Waals surface area (Å²) in [5, 5.41) is 8.44. The van der Waals surface area contributed by atoms with E-state index in [0.717, 1.165) is 6.26 Å². The van der Waals surface area contributed by atoms with E-state index < -0.39 is 33.9 Å². The van der Waals surface area contributed by atoms with Crippen LogP contribution in [0.4, 0.5) is 17.5 Å². The molecule has 2 amide bonds. The fourth-order valence-corrected chi connectivity index (χ4v) is 3.25.